The maximum Gasteiger partial charge on any atom is 0.240 e. The van der Waals surface area contributed by atoms with Crippen LogP contribution in [-0.2, 0) is 0 Å². The fraction of sp³-hybridized carbons (Fsp3) is 0.167. The summed E-state index contributed by atoms with van der Waals surface area (Å²) in [5.41, 5.74) is 1.21. The molecule has 0 fully saturated rings. The van der Waals surface area contributed by atoms with Crippen molar-refractivity contribution in [1.82, 2.24) is 30.2 Å². The average Bonchev–Trinajstić information content (AvgIpc) is 3.09. The second kappa shape index (κ2) is 4.40. The van der Waals surface area contributed by atoms with Crippen molar-refractivity contribution in [2.45, 2.75) is 13.0 Å². The van der Waals surface area contributed by atoms with Gasteiger partial charge in [-0.1, -0.05) is 30.3 Å². The van der Waals surface area contributed by atoms with Crippen molar-refractivity contribution in [3.05, 3.63) is 48.3 Å². The molecule has 1 N–H and O–H groups in total. The van der Waals surface area contributed by atoms with Gasteiger partial charge < -0.3 is 4.57 Å². The molecular formula is C12H12N6. The van der Waals surface area contributed by atoms with E-state index in [-0.39, 0.29) is 6.04 Å². The minimum absolute atomic E-state index is 0.169. The Morgan fingerprint density at radius 2 is 2.06 bits per heavy atom. The number of hydrogen-bond acceptors (Lipinski definition) is 4. The molecule has 0 aliphatic heterocycles. The lowest BCUT2D eigenvalue weighted by molar-refractivity contribution is 0.643. The number of tetrazole rings is 1. The summed E-state index contributed by atoms with van der Waals surface area (Å²) in [4.78, 5) is 4.28. The van der Waals surface area contributed by atoms with Gasteiger partial charge in [0.15, 0.2) is 5.82 Å². The van der Waals surface area contributed by atoms with Crippen LogP contribution >= 0.6 is 0 Å². The lowest BCUT2D eigenvalue weighted by Gasteiger charge is -2.15. The molecule has 2 heterocycles. The molecule has 1 atom stereocenters. The van der Waals surface area contributed by atoms with E-state index >= 15 is 0 Å². The van der Waals surface area contributed by atoms with E-state index in [2.05, 4.69) is 44.7 Å². The highest BCUT2D eigenvalue weighted by Gasteiger charge is 2.15. The van der Waals surface area contributed by atoms with Crippen LogP contribution < -0.4 is 0 Å². The molecule has 1 unspecified atom stereocenters. The second-order valence-corrected chi connectivity index (χ2v) is 3.98. The van der Waals surface area contributed by atoms with Gasteiger partial charge in [0.1, 0.15) is 0 Å². The Morgan fingerprint density at radius 1 is 1.22 bits per heavy atom. The Morgan fingerprint density at radius 3 is 2.78 bits per heavy atom. The van der Waals surface area contributed by atoms with Gasteiger partial charge in [0.2, 0.25) is 5.82 Å². The number of nitrogens with zero attached hydrogens (tertiary/aromatic N) is 5. The van der Waals surface area contributed by atoms with Crippen molar-refractivity contribution >= 4 is 0 Å². The SMILES string of the molecule is CC(c1ccccc1)n1ccnc1-c1nn[nH]n1. The van der Waals surface area contributed by atoms with Gasteiger partial charge in [0.25, 0.3) is 0 Å². The van der Waals surface area contributed by atoms with Gasteiger partial charge in [-0.3, -0.25) is 0 Å². The van der Waals surface area contributed by atoms with E-state index in [1.807, 2.05) is 29.0 Å². The van der Waals surface area contributed by atoms with Crippen LogP contribution in [-0.4, -0.2) is 30.2 Å². The first-order valence-electron chi connectivity index (χ1n) is 5.68. The number of nitrogens with one attached hydrogen (secondary N) is 1. The quantitative estimate of drug-likeness (QED) is 0.755. The van der Waals surface area contributed by atoms with Crippen molar-refractivity contribution in [2.24, 2.45) is 0 Å². The molecule has 18 heavy (non-hydrogen) atoms. The normalized spacial score (nSPS) is 12.5. The van der Waals surface area contributed by atoms with Gasteiger partial charge in [-0.25, -0.2) is 4.98 Å². The third-order valence-corrected chi connectivity index (χ3v) is 2.91. The summed E-state index contributed by atoms with van der Waals surface area (Å²) in [6, 6.07) is 10.4. The monoisotopic (exact) mass is 240 g/mol. The summed E-state index contributed by atoms with van der Waals surface area (Å²) in [6.07, 6.45) is 3.66. The molecular weight excluding hydrogens is 228 g/mol. The summed E-state index contributed by atoms with van der Waals surface area (Å²) in [5, 5.41) is 13.9. The summed E-state index contributed by atoms with van der Waals surface area (Å²) in [5.74, 6) is 1.21. The highest BCUT2D eigenvalue weighted by molar-refractivity contribution is 5.43. The van der Waals surface area contributed by atoms with Gasteiger partial charge in [0.05, 0.1) is 6.04 Å². The maximum absolute atomic E-state index is 4.28. The minimum Gasteiger partial charge on any atom is -0.321 e. The number of H-pyrrole nitrogens is 1. The lowest BCUT2D eigenvalue weighted by Crippen LogP contribution is -2.08. The van der Waals surface area contributed by atoms with Gasteiger partial charge >= 0.3 is 0 Å². The molecule has 2 aromatic heterocycles. The smallest absolute Gasteiger partial charge is 0.240 e. The molecule has 1 aromatic carbocycles. The molecule has 0 saturated carbocycles. The molecule has 0 aliphatic carbocycles. The minimum atomic E-state index is 0.169. The molecule has 0 bridgehead atoms. The van der Waals surface area contributed by atoms with Crippen molar-refractivity contribution in [3.63, 3.8) is 0 Å². The fourth-order valence-electron chi connectivity index (χ4n) is 1.95. The first-order chi connectivity index (χ1) is 8.86. The zero-order chi connectivity index (χ0) is 12.4. The number of rotatable bonds is 3. The molecule has 0 amide bonds. The van der Waals surface area contributed by atoms with Crippen LogP contribution in [0.4, 0.5) is 0 Å². The molecule has 0 saturated heterocycles. The summed E-state index contributed by atoms with van der Waals surface area (Å²) >= 11 is 0. The Balaban J connectivity index is 2.01. The Bertz CT molecular complexity index is 613. The fourth-order valence-corrected chi connectivity index (χ4v) is 1.95. The Labute approximate surface area is 104 Å². The van der Waals surface area contributed by atoms with E-state index in [0.717, 1.165) is 0 Å². The third kappa shape index (κ3) is 1.77. The Kier molecular flexibility index (Phi) is 2.60. The van der Waals surface area contributed by atoms with Crippen LogP contribution in [0, 0.1) is 0 Å². The zero-order valence-electron chi connectivity index (χ0n) is 9.85. The predicted molar refractivity (Wildman–Crippen MR) is 65.7 cm³/mol. The number of hydrogen-bond donors (Lipinski definition) is 1. The second-order valence-electron chi connectivity index (χ2n) is 3.98. The molecule has 6 nitrogen and oxygen atoms in total. The first-order valence-corrected chi connectivity index (χ1v) is 5.68. The van der Waals surface area contributed by atoms with Gasteiger partial charge in [-0.2, -0.15) is 5.21 Å². The first kappa shape index (κ1) is 10.6. The van der Waals surface area contributed by atoms with Crippen molar-refractivity contribution < 1.29 is 0 Å². The summed E-state index contributed by atoms with van der Waals surface area (Å²) in [6.45, 7) is 2.11. The standard InChI is InChI=1S/C12H12N6/c1-9(10-5-3-2-4-6-10)18-8-7-13-12(18)11-14-16-17-15-11/h2-9H,1H3,(H,14,15,16,17). The third-order valence-electron chi connectivity index (χ3n) is 2.91. The van der Waals surface area contributed by atoms with Crippen LogP contribution in [0.15, 0.2) is 42.7 Å². The lowest BCUT2D eigenvalue weighted by atomic mass is 10.1. The summed E-state index contributed by atoms with van der Waals surface area (Å²) in [7, 11) is 0. The molecule has 6 heteroatoms. The van der Waals surface area contributed by atoms with Gasteiger partial charge in [-0.15, -0.1) is 10.2 Å². The van der Waals surface area contributed by atoms with Gasteiger partial charge in [0, 0.05) is 12.4 Å². The van der Waals surface area contributed by atoms with E-state index in [9.17, 15) is 0 Å². The van der Waals surface area contributed by atoms with Crippen LogP contribution in [0.3, 0.4) is 0 Å². The molecule has 0 radical (unpaired) electrons. The number of aromatic nitrogens is 6. The topological polar surface area (TPSA) is 72.3 Å². The molecule has 3 rings (SSSR count). The Hall–Kier alpha value is -2.50. The zero-order valence-corrected chi connectivity index (χ0v) is 9.85. The molecule has 0 spiro atoms. The van der Waals surface area contributed by atoms with Crippen LogP contribution in [0.1, 0.15) is 18.5 Å². The number of imidazole rings is 1. The molecule has 0 aliphatic rings. The van der Waals surface area contributed by atoms with Gasteiger partial charge in [-0.05, 0) is 17.7 Å². The summed E-state index contributed by atoms with van der Waals surface area (Å²) < 4.78 is 2.03. The van der Waals surface area contributed by atoms with Crippen molar-refractivity contribution in [2.75, 3.05) is 0 Å². The van der Waals surface area contributed by atoms with Crippen LogP contribution in [0.25, 0.3) is 11.6 Å². The number of benzene rings is 1. The van der Waals surface area contributed by atoms with Crippen molar-refractivity contribution in [1.29, 1.82) is 0 Å². The van der Waals surface area contributed by atoms with E-state index in [4.69, 9.17) is 0 Å². The largest absolute Gasteiger partial charge is 0.321 e. The van der Waals surface area contributed by atoms with E-state index < -0.39 is 0 Å². The van der Waals surface area contributed by atoms with E-state index in [1.54, 1.807) is 6.20 Å². The highest BCUT2D eigenvalue weighted by Crippen LogP contribution is 2.22. The molecule has 3 aromatic rings. The predicted octanol–water partition coefficient (Wildman–Crippen LogP) is 1.67. The van der Waals surface area contributed by atoms with E-state index in [1.165, 1.54) is 5.56 Å². The highest BCUT2D eigenvalue weighted by atomic mass is 15.5. The van der Waals surface area contributed by atoms with Crippen LogP contribution in [0.2, 0.25) is 0 Å². The van der Waals surface area contributed by atoms with Crippen molar-refractivity contribution in [3.8, 4) is 11.6 Å². The number of aromatic amines is 1. The average molecular weight is 240 g/mol. The molecule has 90 valence electrons. The maximum atomic E-state index is 4.28. The van der Waals surface area contributed by atoms with Crippen LogP contribution in [0.5, 0.6) is 0 Å². The van der Waals surface area contributed by atoms with E-state index in [0.29, 0.717) is 11.6 Å².